The molecule has 1 aromatic rings. The molecule has 0 heterocycles. The first kappa shape index (κ1) is 12.0. The summed E-state index contributed by atoms with van der Waals surface area (Å²) in [6, 6.07) is 8.71. The number of aromatic hydroxyl groups is 1. The van der Waals surface area contributed by atoms with Crippen LogP contribution < -0.4 is 0 Å². The predicted octanol–water partition coefficient (Wildman–Crippen LogP) is 1.87. The number of benzene rings is 1. The summed E-state index contributed by atoms with van der Waals surface area (Å²) in [7, 11) is 0. The number of phenolic OH excluding ortho intramolecular Hbond substituents is 1. The van der Waals surface area contributed by atoms with Crippen molar-refractivity contribution >= 4 is 37.7 Å². The Morgan fingerprint density at radius 1 is 1.11 bits per heavy atom. The molecule has 0 amide bonds. The molecular formula is C7H12CaO. The average molecular weight is 152 g/mol. The summed E-state index contributed by atoms with van der Waals surface area (Å²) in [6.45, 7) is 0. The topological polar surface area (TPSA) is 20.2 Å². The normalized spacial score (nSPS) is 6.67. The third-order valence-electron chi connectivity index (χ3n) is 0.756. The Morgan fingerprint density at radius 3 is 1.78 bits per heavy atom. The molecule has 0 atom stereocenters. The minimum atomic E-state index is 0. The van der Waals surface area contributed by atoms with Crippen LogP contribution in [-0.4, -0.2) is 42.8 Å². The number of hydrogen-bond acceptors (Lipinski definition) is 1. The van der Waals surface area contributed by atoms with Gasteiger partial charge in [0, 0.05) is 0 Å². The van der Waals surface area contributed by atoms with Crippen LogP contribution in [0.1, 0.15) is 10.3 Å². The Kier molecular flexibility index (Phi) is 8.54. The maximum absolute atomic E-state index is 8.63. The quantitative estimate of drug-likeness (QED) is 0.563. The molecule has 1 rings (SSSR count). The van der Waals surface area contributed by atoms with Gasteiger partial charge in [0.15, 0.2) is 0 Å². The first-order valence-electron chi connectivity index (χ1n) is 2.13. The van der Waals surface area contributed by atoms with Crippen LogP contribution in [0.2, 0.25) is 0 Å². The van der Waals surface area contributed by atoms with E-state index in [1.54, 1.807) is 24.3 Å². The molecule has 1 aromatic carbocycles. The van der Waals surface area contributed by atoms with Gasteiger partial charge in [0.2, 0.25) is 0 Å². The van der Waals surface area contributed by atoms with Crippen LogP contribution in [0.3, 0.4) is 0 Å². The smallest absolute Gasteiger partial charge is 1.00 e. The van der Waals surface area contributed by atoms with E-state index in [0.29, 0.717) is 5.75 Å². The molecule has 0 fully saturated rings. The van der Waals surface area contributed by atoms with Gasteiger partial charge < -0.3 is 7.96 Å². The van der Waals surface area contributed by atoms with E-state index in [1.165, 1.54) is 0 Å². The van der Waals surface area contributed by atoms with Gasteiger partial charge in [-0.05, 0) is 12.1 Å². The second kappa shape index (κ2) is 6.40. The molecule has 2 heteroatoms. The van der Waals surface area contributed by atoms with Crippen LogP contribution in [0.15, 0.2) is 30.3 Å². The molecule has 0 bridgehead atoms. The average Bonchev–Trinajstić information content (AvgIpc) is 1.69. The first-order valence-corrected chi connectivity index (χ1v) is 2.13. The fourth-order valence-electron chi connectivity index (χ4n) is 0.428. The minimum Gasteiger partial charge on any atom is -1.00 e. The third-order valence-corrected chi connectivity index (χ3v) is 0.756. The fourth-order valence-corrected chi connectivity index (χ4v) is 0.428. The van der Waals surface area contributed by atoms with Gasteiger partial charge in [0.1, 0.15) is 5.75 Å². The van der Waals surface area contributed by atoms with E-state index in [-0.39, 0.29) is 48.0 Å². The minimum absolute atomic E-state index is 0. The second-order valence-electron chi connectivity index (χ2n) is 1.34. The van der Waals surface area contributed by atoms with Gasteiger partial charge in [-0.1, -0.05) is 25.6 Å². The van der Waals surface area contributed by atoms with E-state index < -0.39 is 0 Å². The first-order chi connectivity index (χ1) is 3.39. The van der Waals surface area contributed by atoms with Gasteiger partial charge in [-0.25, -0.2) is 0 Å². The number of phenols is 1. The van der Waals surface area contributed by atoms with Crippen LogP contribution in [-0.2, 0) is 0 Å². The van der Waals surface area contributed by atoms with E-state index in [4.69, 9.17) is 5.11 Å². The molecule has 0 aliphatic carbocycles. The molecule has 0 aliphatic heterocycles. The Balaban J connectivity index is -0.0000000612. The largest absolute Gasteiger partial charge is 2.00 e. The van der Waals surface area contributed by atoms with Gasteiger partial charge in [0.25, 0.3) is 0 Å². The fraction of sp³-hybridized carbons (Fsp3) is 0.143. The van der Waals surface area contributed by atoms with Gasteiger partial charge in [0.05, 0.1) is 0 Å². The third kappa shape index (κ3) is 4.76. The molecule has 0 spiro atoms. The maximum Gasteiger partial charge on any atom is 2.00 e. The summed E-state index contributed by atoms with van der Waals surface area (Å²) in [5.41, 5.74) is 0. The molecule has 0 aliphatic rings. The Labute approximate surface area is 88.7 Å². The summed E-state index contributed by atoms with van der Waals surface area (Å²) in [5, 5.41) is 8.63. The summed E-state index contributed by atoms with van der Waals surface area (Å²) in [4.78, 5) is 0. The van der Waals surface area contributed by atoms with Gasteiger partial charge in [-0.15, -0.1) is 0 Å². The van der Waals surface area contributed by atoms with Crippen LogP contribution in [0.4, 0.5) is 0 Å². The molecule has 9 heavy (non-hydrogen) atoms. The molecule has 48 valence electrons. The molecule has 0 saturated carbocycles. The summed E-state index contributed by atoms with van der Waals surface area (Å²) < 4.78 is 0. The Morgan fingerprint density at radius 2 is 1.56 bits per heavy atom. The van der Waals surface area contributed by atoms with Crippen molar-refractivity contribution in [2.45, 2.75) is 7.43 Å². The van der Waals surface area contributed by atoms with Crippen molar-refractivity contribution < 1.29 is 7.96 Å². The zero-order valence-corrected chi connectivity index (χ0v) is 6.75. The van der Waals surface area contributed by atoms with Crippen molar-refractivity contribution in [3.05, 3.63) is 30.3 Å². The molecule has 0 aromatic heterocycles. The SMILES string of the molecule is C.Oc1ccccc1.[Ca+2].[H-].[H-]. The van der Waals surface area contributed by atoms with Crippen molar-refractivity contribution in [1.82, 2.24) is 0 Å². The summed E-state index contributed by atoms with van der Waals surface area (Å²) >= 11 is 0. The van der Waals surface area contributed by atoms with Crippen LogP contribution in [0.5, 0.6) is 5.75 Å². The van der Waals surface area contributed by atoms with E-state index in [1.807, 2.05) is 6.07 Å². The van der Waals surface area contributed by atoms with Gasteiger partial charge in [-0.3, -0.25) is 0 Å². The molecular weight excluding hydrogens is 140 g/mol. The van der Waals surface area contributed by atoms with E-state index >= 15 is 0 Å². The molecule has 1 nitrogen and oxygen atoms in total. The monoisotopic (exact) mass is 152 g/mol. The van der Waals surface area contributed by atoms with Crippen LogP contribution in [0.25, 0.3) is 0 Å². The van der Waals surface area contributed by atoms with Crippen LogP contribution >= 0.6 is 0 Å². The molecule has 1 N–H and O–H groups in total. The predicted molar refractivity (Wildman–Crippen MR) is 42.8 cm³/mol. The molecule has 0 saturated heterocycles. The van der Waals surface area contributed by atoms with Gasteiger partial charge in [-0.2, -0.15) is 0 Å². The molecule has 0 radical (unpaired) electrons. The standard InChI is InChI=1S/C6H6O.CH4.Ca.2H/c7-6-4-2-1-3-5-6;;;;/h1-5,7H;1H4;;;/q;;+2;2*-1. The number of hydrogen-bond donors (Lipinski definition) is 1. The van der Waals surface area contributed by atoms with Crippen molar-refractivity contribution in [3.8, 4) is 5.75 Å². The van der Waals surface area contributed by atoms with E-state index in [2.05, 4.69) is 0 Å². The van der Waals surface area contributed by atoms with E-state index in [0.717, 1.165) is 0 Å². The van der Waals surface area contributed by atoms with E-state index in [9.17, 15) is 0 Å². The summed E-state index contributed by atoms with van der Waals surface area (Å²) in [6.07, 6.45) is 0. The Hall–Kier alpha value is 0.280. The van der Waals surface area contributed by atoms with Crippen molar-refractivity contribution in [2.75, 3.05) is 0 Å². The maximum atomic E-state index is 8.63. The van der Waals surface area contributed by atoms with Crippen molar-refractivity contribution in [3.63, 3.8) is 0 Å². The number of rotatable bonds is 0. The second-order valence-corrected chi connectivity index (χ2v) is 1.34. The number of para-hydroxylation sites is 1. The zero-order chi connectivity index (χ0) is 5.11. The van der Waals surface area contributed by atoms with Gasteiger partial charge >= 0.3 is 37.7 Å². The van der Waals surface area contributed by atoms with Crippen molar-refractivity contribution in [1.29, 1.82) is 0 Å². The van der Waals surface area contributed by atoms with Crippen molar-refractivity contribution in [2.24, 2.45) is 0 Å². The zero-order valence-electron chi connectivity index (χ0n) is 6.54. The summed E-state index contributed by atoms with van der Waals surface area (Å²) in [5.74, 6) is 0.322. The Bertz CT molecular complexity index is 146. The molecule has 0 unspecified atom stereocenters. The van der Waals surface area contributed by atoms with Crippen LogP contribution in [0, 0.1) is 0 Å².